The summed E-state index contributed by atoms with van der Waals surface area (Å²) in [5.74, 6) is -1.97. The lowest BCUT2D eigenvalue weighted by atomic mass is 9.98. The van der Waals surface area contributed by atoms with Gasteiger partial charge < -0.3 is 20.5 Å². The summed E-state index contributed by atoms with van der Waals surface area (Å²) >= 11 is 0. The molecule has 0 saturated heterocycles. The van der Waals surface area contributed by atoms with Crippen LogP contribution in [0.4, 0.5) is 4.79 Å². The number of aromatic nitrogens is 1. The van der Waals surface area contributed by atoms with Crippen LogP contribution in [0.3, 0.4) is 0 Å². The number of hydrogen-bond acceptors (Lipinski definition) is 5. The molecule has 1 aliphatic rings. The third kappa shape index (κ3) is 5.48. The van der Waals surface area contributed by atoms with Gasteiger partial charge in [-0.3, -0.25) is 14.6 Å². The van der Waals surface area contributed by atoms with Crippen LogP contribution in [-0.2, 0) is 27.3 Å². The van der Waals surface area contributed by atoms with Crippen molar-refractivity contribution in [2.45, 2.75) is 38.3 Å². The molecule has 2 amide bonds. The van der Waals surface area contributed by atoms with Crippen LogP contribution in [0.2, 0.25) is 0 Å². The largest absolute Gasteiger partial charge is 0.481 e. The molecule has 8 nitrogen and oxygen atoms in total. The van der Waals surface area contributed by atoms with Crippen LogP contribution in [0.5, 0.6) is 0 Å². The number of amides is 2. The molecule has 180 valence electrons. The van der Waals surface area contributed by atoms with Gasteiger partial charge in [-0.1, -0.05) is 61.5 Å². The highest BCUT2D eigenvalue weighted by Crippen LogP contribution is 2.44. The van der Waals surface area contributed by atoms with Gasteiger partial charge in [0.25, 0.3) is 0 Å². The van der Waals surface area contributed by atoms with Gasteiger partial charge in [-0.15, -0.1) is 0 Å². The fourth-order valence-corrected chi connectivity index (χ4v) is 4.41. The Hall–Kier alpha value is -4.20. The number of carboxylic acids is 1. The van der Waals surface area contributed by atoms with Gasteiger partial charge in [0.1, 0.15) is 12.6 Å². The van der Waals surface area contributed by atoms with Crippen LogP contribution in [-0.4, -0.2) is 40.7 Å². The van der Waals surface area contributed by atoms with Crippen molar-refractivity contribution in [1.82, 2.24) is 15.6 Å². The number of carboxylic acid groups (broad SMARTS) is 1. The molecule has 0 bridgehead atoms. The second-order valence-corrected chi connectivity index (χ2v) is 8.30. The lowest BCUT2D eigenvalue weighted by Gasteiger charge is -2.19. The first kappa shape index (κ1) is 23.9. The van der Waals surface area contributed by atoms with E-state index < -0.39 is 30.4 Å². The standard InChI is InChI=1S/C27H27N3O5/c1-2-17-8-7-13-28-24(17)15-29-26(33)23(14-25(31)32)30-27(34)35-16-22-20-11-5-3-9-18(20)19-10-4-6-12-21(19)22/h3-13,22-23H,2,14-16H2,1H3,(H,29,33)(H,30,34)(H,31,32). The predicted octanol–water partition coefficient (Wildman–Crippen LogP) is 3.64. The van der Waals surface area contributed by atoms with Crippen LogP contribution < -0.4 is 10.6 Å². The molecule has 1 unspecified atom stereocenters. The SMILES string of the molecule is CCc1cccnc1CNC(=O)C(CC(=O)O)NC(=O)OCC1c2ccccc2-c2ccccc21. The summed E-state index contributed by atoms with van der Waals surface area (Å²) in [6.07, 6.45) is 0.957. The van der Waals surface area contributed by atoms with E-state index in [1.807, 2.05) is 67.6 Å². The molecule has 1 aliphatic carbocycles. The average molecular weight is 474 g/mol. The summed E-state index contributed by atoms with van der Waals surface area (Å²) in [6.45, 7) is 2.18. The number of carbonyl (C=O) groups is 3. The summed E-state index contributed by atoms with van der Waals surface area (Å²) in [6, 6.07) is 18.3. The Balaban J connectivity index is 1.39. The number of hydrogen-bond donors (Lipinski definition) is 3. The van der Waals surface area contributed by atoms with E-state index in [4.69, 9.17) is 4.74 Å². The number of benzene rings is 2. The van der Waals surface area contributed by atoms with E-state index in [1.165, 1.54) is 0 Å². The summed E-state index contributed by atoms with van der Waals surface area (Å²) in [5.41, 5.74) is 5.99. The lowest BCUT2D eigenvalue weighted by Crippen LogP contribution is -2.48. The van der Waals surface area contributed by atoms with Crippen molar-refractivity contribution in [3.8, 4) is 11.1 Å². The fraction of sp³-hybridized carbons (Fsp3) is 0.259. The average Bonchev–Trinajstić information content (AvgIpc) is 3.19. The lowest BCUT2D eigenvalue weighted by molar-refractivity contribution is -0.139. The number of pyridine rings is 1. The predicted molar refractivity (Wildman–Crippen MR) is 130 cm³/mol. The molecule has 35 heavy (non-hydrogen) atoms. The molecule has 0 fully saturated rings. The number of fused-ring (bicyclic) bond motifs is 3. The van der Waals surface area contributed by atoms with E-state index in [1.54, 1.807) is 6.20 Å². The molecule has 3 N–H and O–H groups in total. The summed E-state index contributed by atoms with van der Waals surface area (Å²) in [5, 5.41) is 14.3. The van der Waals surface area contributed by atoms with Crippen molar-refractivity contribution in [1.29, 1.82) is 0 Å². The van der Waals surface area contributed by atoms with Gasteiger partial charge in [-0.25, -0.2) is 4.79 Å². The van der Waals surface area contributed by atoms with Crippen molar-refractivity contribution in [3.63, 3.8) is 0 Å². The minimum absolute atomic E-state index is 0.0645. The molecule has 4 rings (SSSR count). The minimum atomic E-state index is -1.28. The van der Waals surface area contributed by atoms with Crippen LogP contribution in [0.1, 0.15) is 41.6 Å². The first-order valence-corrected chi connectivity index (χ1v) is 11.5. The Bertz CT molecular complexity index is 1200. The van der Waals surface area contributed by atoms with Gasteiger partial charge in [0.15, 0.2) is 0 Å². The summed E-state index contributed by atoms with van der Waals surface area (Å²) in [7, 11) is 0. The number of ether oxygens (including phenoxy) is 1. The zero-order valence-corrected chi connectivity index (χ0v) is 19.4. The molecule has 3 aromatic rings. The van der Waals surface area contributed by atoms with E-state index in [2.05, 4.69) is 15.6 Å². The van der Waals surface area contributed by atoms with E-state index in [0.29, 0.717) is 5.69 Å². The quantitative estimate of drug-likeness (QED) is 0.437. The first-order valence-electron chi connectivity index (χ1n) is 11.5. The second-order valence-electron chi connectivity index (χ2n) is 8.30. The zero-order valence-electron chi connectivity index (χ0n) is 19.4. The number of alkyl carbamates (subject to hydrolysis) is 1. The van der Waals surface area contributed by atoms with Gasteiger partial charge in [-0.2, -0.15) is 0 Å². The maximum atomic E-state index is 12.7. The molecule has 0 aliphatic heterocycles. The van der Waals surface area contributed by atoms with Gasteiger partial charge >= 0.3 is 12.1 Å². The highest BCUT2D eigenvalue weighted by molar-refractivity contribution is 5.89. The highest BCUT2D eigenvalue weighted by atomic mass is 16.5. The topological polar surface area (TPSA) is 118 Å². The molecule has 1 atom stereocenters. The van der Waals surface area contributed by atoms with Gasteiger partial charge in [-0.05, 0) is 40.3 Å². The Morgan fingerprint density at radius 2 is 1.66 bits per heavy atom. The number of nitrogens with zero attached hydrogens (tertiary/aromatic N) is 1. The van der Waals surface area contributed by atoms with Crippen molar-refractivity contribution >= 4 is 18.0 Å². The number of rotatable bonds is 9. The molecule has 1 heterocycles. The normalized spacial score (nSPS) is 12.8. The van der Waals surface area contributed by atoms with E-state index >= 15 is 0 Å². The van der Waals surface area contributed by atoms with Crippen LogP contribution in [0.25, 0.3) is 11.1 Å². The molecular formula is C27H27N3O5. The Kier molecular flexibility index (Phi) is 7.40. The van der Waals surface area contributed by atoms with Gasteiger partial charge in [0.05, 0.1) is 18.7 Å². The van der Waals surface area contributed by atoms with Crippen LogP contribution >= 0.6 is 0 Å². The minimum Gasteiger partial charge on any atom is -0.481 e. The van der Waals surface area contributed by atoms with Crippen molar-refractivity contribution in [2.24, 2.45) is 0 Å². The number of aryl methyl sites for hydroxylation is 1. The van der Waals surface area contributed by atoms with Gasteiger partial charge in [0, 0.05) is 12.1 Å². The number of carbonyl (C=O) groups excluding carboxylic acids is 2. The molecule has 0 saturated carbocycles. The maximum Gasteiger partial charge on any atom is 0.407 e. The van der Waals surface area contributed by atoms with Crippen molar-refractivity contribution in [2.75, 3.05) is 6.61 Å². The van der Waals surface area contributed by atoms with E-state index in [9.17, 15) is 19.5 Å². The third-order valence-electron chi connectivity index (χ3n) is 6.13. The molecule has 1 aromatic heterocycles. The molecule has 0 radical (unpaired) electrons. The third-order valence-corrected chi connectivity index (χ3v) is 6.13. The molecule has 0 spiro atoms. The Morgan fingerprint density at radius 3 is 2.29 bits per heavy atom. The molecular weight excluding hydrogens is 446 g/mol. The van der Waals surface area contributed by atoms with Crippen molar-refractivity contribution in [3.05, 3.63) is 89.2 Å². The smallest absolute Gasteiger partial charge is 0.407 e. The zero-order chi connectivity index (χ0) is 24.8. The van der Waals surface area contributed by atoms with Crippen LogP contribution in [0.15, 0.2) is 66.9 Å². The number of aliphatic carboxylic acids is 1. The maximum absolute atomic E-state index is 12.7. The summed E-state index contributed by atoms with van der Waals surface area (Å²) in [4.78, 5) is 40.9. The summed E-state index contributed by atoms with van der Waals surface area (Å²) < 4.78 is 5.47. The van der Waals surface area contributed by atoms with E-state index in [0.717, 1.165) is 34.2 Å². The Labute approximate surface area is 203 Å². The Morgan fingerprint density at radius 1 is 1.00 bits per heavy atom. The number of nitrogens with one attached hydrogen (secondary N) is 2. The van der Waals surface area contributed by atoms with E-state index in [-0.39, 0.29) is 19.1 Å². The van der Waals surface area contributed by atoms with Crippen molar-refractivity contribution < 1.29 is 24.2 Å². The molecule has 2 aromatic carbocycles. The first-order chi connectivity index (χ1) is 17.0. The highest BCUT2D eigenvalue weighted by Gasteiger charge is 2.30. The fourth-order valence-electron chi connectivity index (χ4n) is 4.41. The monoisotopic (exact) mass is 473 g/mol. The van der Waals surface area contributed by atoms with Crippen LogP contribution in [0, 0.1) is 0 Å². The second kappa shape index (κ2) is 10.8. The molecule has 8 heteroatoms. The van der Waals surface area contributed by atoms with Gasteiger partial charge in [0.2, 0.25) is 5.91 Å².